The van der Waals surface area contributed by atoms with Crippen molar-refractivity contribution >= 4 is 29.3 Å². The van der Waals surface area contributed by atoms with E-state index in [9.17, 15) is 4.79 Å². The van der Waals surface area contributed by atoms with Gasteiger partial charge in [0.1, 0.15) is 5.54 Å². The van der Waals surface area contributed by atoms with Crippen molar-refractivity contribution in [3.63, 3.8) is 0 Å². The number of carbonyl (C=O) groups excluding carboxylic acids is 1. The Balaban J connectivity index is 2.70. The van der Waals surface area contributed by atoms with Crippen LogP contribution >= 0.6 is 23.4 Å². The molecule has 100 valence electrons. The van der Waals surface area contributed by atoms with E-state index in [1.165, 1.54) is 11.8 Å². The monoisotopic (exact) mass is 287 g/mol. The summed E-state index contributed by atoms with van der Waals surface area (Å²) in [7, 11) is 1.75. The molecule has 0 saturated heterocycles. The molecule has 0 aliphatic rings. The maximum absolute atomic E-state index is 11.9. The molecule has 0 fully saturated rings. The van der Waals surface area contributed by atoms with Crippen molar-refractivity contribution in [2.24, 2.45) is 0 Å². The van der Waals surface area contributed by atoms with Crippen molar-refractivity contribution in [3.05, 3.63) is 29.3 Å². The highest BCUT2D eigenvalue weighted by Gasteiger charge is 2.33. The number of hydrogen-bond donors (Lipinski definition) is 1. The molecule has 1 rings (SSSR count). The Morgan fingerprint density at radius 2 is 2.17 bits per heavy atom. The van der Waals surface area contributed by atoms with Crippen molar-refractivity contribution < 1.29 is 9.53 Å². The van der Waals surface area contributed by atoms with Crippen LogP contribution in [0, 0.1) is 0 Å². The summed E-state index contributed by atoms with van der Waals surface area (Å²) in [6, 6.07) is 7.59. The molecular weight excluding hydrogens is 270 g/mol. The zero-order valence-corrected chi connectivity index (χ0v) is 12.4. The van der Waals surface area contributed by atoms with Crippen molar-refractivity contribution in [1.82, 2.24) is 5.32 Å². The molecule has 0 aliphatic heterocycles. The molecule has 0 amide bonds. The third kappa shape index (κ3) is 3.90. The average Bonchev–Trinajstić information content (AvgIpc) is 2.37. The highest BCUT2D eigenvalue weighted by Crippen LogP contribution is 2.29. The smallest absolute Gasteiger partial charge is 0.326 e. The number of rotatable bonds is 6. The van der Waals surface area contributed by atoms with Crippen molar-refractivity contribution in [2.75, 3.05) is 19.4 Å². The van der Waals surface area contributed by atoms with Crippen LogP contribution in [0.4, 0.5) is 0 Å². The number of thioether (sulfide) groups is 1. The lowest BCUT2D eigenvalue weighted by atomic mass is 10.1. The molecule has 1 aromatic carbocycles. The van der Waals surface area contributed by atoms with E-state index in [-0.39, 0.29) is 5.97 Å². The van der Waals surface area contributed by atoms with E-state index >= 15 is 0 Å². The van der Waals surface area contributed by atoms with E-state index < -0.39 is 5.54 Å². The molecule has 0 heterocycles. The first-order valence-electron chi connectivity index (χ1n) is 5.77. The number of ether oxygens (including phenoxy) is 1. The first-order chi connectivity index (χ1) is 8.53. The van der Waals surface area contributed by atoms with E-state index in [0.717, 1.165) is 4.90 Å². The lowest BCUT2D eigenvalue weighted by molar-refractivity contribution is -0.149. The molecular formula is C13H18ClNO2S. The van der Waals surface area contributed by atoms with Gasteiger partial charge >= 0.3 is 5.97 Å². The minimum atomic E-state index is -0.708. The number of hydrogen-bond acceptors (Lipinski definition) is 4. The van der Waals surface area contributed by atoms with Gasteiger partial charge in [-0.05, 0) is 33.0 Å². The summed E-state index contributed by atoms with van der Waals surface area (Å²) in [6.07, 6.45) is 0. The predicted molar refractivity (Wildman–Crippen MR) is 76.3 cm³/mol. The Morgan fingerprint density at radius 3 is 2.72 bits per heavy atom. The Labute approximate surface area is 117 Å². The number of halogens is 1. The van der Waals surface area contributed by atoms with Gasteiger partial charge in [0.25, 0.3) is 0 Å². The van der Waals surface area contributed by atoms with E-state index in [1.54, 1.807) is 14.0 Å². The molecule has 1 N–H and O–H groups in total. The SMILES string of the molecule is CCOC(=O)C(C)(CSc1ccccc1Cl)NC. The highest BCUT2D eigenvalue weighted by molar-refractivity contribution is 7.99. The van der Waals surface area contributed by atoms with Gasteiger partial charge in [-0.3, -0.25) is 4.79 Å². The molecule has 1 aromatic rings. The fraction of sp³-hybridized carbons (Fsp3) is 0.462. The summed E-state index contributed by atoms with van der Waals surface area (Å²) >= 11 is 7.62. The zero-order valence-electron chi connectivity index (χ0n) is 10.8. The van der Waals surface area contributed by atoms with Crippen LogP contribution in [-0.2, 0) is 9.53 Å². The number of esters is 1. The first kappa shape index (κ1) is 15.3. The van der Waals surface area contributed by atoms with Crippen LogP contribution in [-0.4, -0.2) is 30.9 Å². The topological polar surface area (TPSA) is 38.3 Å². The Morgan fingerprint density at radius 1 is 1.50 bits per heavy atom. The van der Waals surface area contributed by atoms with Gasteiger partial charge < -0.3 is 10.1 Å². The minimum absolute atomic E-state index is 0.243. The van der Waals surface area contributed by atoms with Gasteiger partial charge in [-0.2, -0.15) is 0 Å². The van der Waals surface area contributed by atoms with E-state index in [2.05, 4.69) is 5.32 Å². The summed E-state index contributed by atoms with van der Waals surface area (Å²) < 4.78 is 5.07. The molecule has 1 atom stereocenters. The quantitative estimate of drug-likeness (QED) is 0.645. The Hall–Kier alpha value is -0.710. The Kier molecular flexibility index (Phi) is 5.99. The normalized spacial score (nSPS) is 14.0. The van der Waals surface area contributed by atoms with Gasteiger partial charge in [0.05, 0.1) is 11.6 Å². The molecule has 0 bridgehead atoms. The highest BCUT2D eigenvalue weighted by atomic mass is 35.5. The fourth-order valence-electron chi connectivity index (χ4n) is 1.31. The third-order valence-electron chi connectivity index (χ3n) is 2.63. The summed E-state index contributed by atoms with van der Waals surface area (Å²) in [6.45, 7) is 4.01. The molecule has 0 radical (unpaired) electrons. The van der Waals surface area contributed by atoms with Gasteiger partial charge in [0.2, 0.25) is 0 Å². The van der Waals surface area contributed by atoms with E-state index in [4.69, 9.17) is 16.3 Å². The van der Waals surface area contributed by atoms with E-state index in [0.29, 0.717) is 17.4 Å². The second-order valence-electron chi connectivity index (χ2n) is 4.02. The van der Waals surface area contributed by atoms with Gasteiger partial charge in [0.15, 0.2) is 0 Å². The fourth-order valence-corrected chi connectivity index (χ4v) is 2.69. The molecule has 3 nitrogen and oxygen atoms in total. The zero-order chi connectivity index (χ0) is 13.6. The lowest BCUT2D eigenvalue weighted by Crippen LogP contribution is -2.50. The number of carbonyl (C=O) groups is 1. The van der Waals surface area contributed by atoms with Crippen molar-refractivity contribution in [1.29, 1.82) is 0 Å². The number of likely N-dealkylation sites (N-methyl/N-ethyl adjacent to an activating group) is 1. The number of benzene rings is 1. The summed E-state index contributed by atoms with van der Waals surface area (Å²) in [5.74, 6) is 0.318. The second-order valence-corrected chi connectivity index (χ2v) is 5.45. The predicted octanol–water partition coefficient (Wildman–Crippen LogP) is 2.97. The van der Waals surface area contributed by atoms with Gasteiger partial charge in [-0.1, -0.05) is 23.7 Å². The van der Waals surface area contributed by atoms with Crippen LogP contribution in [0.2, 0.25) is 5.02 Å². The van der Waals surface area contributed by atoms with E-state index in [1.807, 2.05) is 31.2 Å². The molecule has 18 heavy (non-hydrogen) atoms. The van der Waals surface area contributed by atoms with Gasteiger partial charge in [0, 0.05) is 10.6 Å². The Bertz CT molecular complexity index is 414. The third-order valence-corrected chi connectivity index (χ3v) is 4.46. The van der Waals surface area contributed by atoms with Crippen molar-refractivity contribution in [3.8, 4) is 0 Å². The largest absolute Gasteiger partial charge is 0.465 e. The van der Waals surface area contributed by atoms with Gasteiger partial charge in [-0.25, -0.2) is 0 Å². The maximum atomic E-state index is 11.9. The summed E-state index contributed by atoms with van der Waals surface area (Å²) in [5, 5.41) is 3.71. The summed E-state index contributed by atoms with van der Waals surface area (Å²) in [5.41, 5.74) is -0.708. The average molecular weight is 288 g/mol. The minimum Gasteiger partial charge on any atom is -0.465 e. The standard InChI is InChI=1S/C13H18ClNO2S/c1-4-17-12(16)13(2,15-3)9-18-11-8-6-5-7-10(11)14/h5-8,15H,4,9H2,1-3H3. The van der Waals surface area contributed by atoms with Crippen LogP contribution in [0.25, 0.3) is 0 Å². The molecule has 0 saturated carbocycles. The maximum Gasteiger partial charge on any atom is 0.326 e. The van der Waals surface area contributed by atoms with Gasteiger partial charge in [-0.15, -0.1) is 11.8 Å². The molecule has 0 aliphatic carbocycles. The number of nitrogens with one attached hydrogen (secondary N) is 1. The molecule has 1 unspecified atom stereocenters. The first-order valence-corrected chi connectivity index (χ1v) is 7.13. The van der Waals surface area contributed by atoms with Crippen LogP contribution in [0.1, 0.15) is 13.8 Å². The molecule has 0 aromatic heterocycles. The summed E-state index contributed by atoms with van der Waals surface area (Å²) in [4.78, 5) is 12.8. The molecule has 0 spiro atoms. The van der Waals surface area contributed by atoms with Crippen LogP contribution in [0.5, 0.6) is 0 Å². The van der Waals surface area contributed by atoms with Crippen molar-refractivity contribution in [2.45, 2.75) is 24.3 Å². The second kappa shape index (κ2) is 7.02. The molecule has 5 heteroatoms. The van der Waals surface area contributed by atoms with Crippen LogP contribution < -0.4 is 5.32 Å². The van der Waals surface area contributed by atoms with Crippen LogP contribution in [0.3, 0.4) is 0 Å². The lowest BCUT2D eigenvalue weighted by Gasteiger charge is -2.26. The van der Waals surface area contributed by atoms with Crippen LogP contribution in [0.15, 0.2) is 29.2 Å².